The largest absolute Gasteiger partial charge is 0.344 e. The number of rotatable bonds is 4. The summed E-state index contributed by atoms with van der Waals surface area (Å²) in [6, 6.07) is 7.05. The van der Waals surface area contributed by atoms with Crippen LogP contribution in [0.15, 0.2) is 24.3 Å². The van der Waals surface area contributed by atoms with Crippen molar-refractivity contribution >= 4 is 17.7 Å². The van der Waals surface area contributed by atoms with Gasteiger partial charge in [-0.05, 0) is 31.4 Å². The van der Waals surface area contributed by atoms with Crippen LogP contribution in [0.5, 0.6) is 0 Å². The number of benzene rings is 1. The lowest BCUT2D eigenvalue weighted by molar-refractivity contribution is -0.137. The lowest BCUT2D eigenvalue weighted by Gasteiger charge is -2.28. The maximum Gasteiger partial charge on any atom is 0.253 e. The van der Waals surface area contributed by atoms with Crippen LogP contribution in [0.1, 0.15) is 43.1 Å². The van der Waals surface area contributed by atoms with Crippen molar-refractivity contribution in [1.82, 2.24) is 15.1 Å². The van der Waals surface area contributed by atoms with Crippen LogP contribution in [-0.4, -0.2) is 59.7 Å². The number of carbonyl (C=O) groups is 3. The van der Waals surface area contributed by atoms with E-state index in [2.05, 4.69) is 5.32 Å². The second kappa shape index (κ2) is 8.83. The van der Waals surface area contributed by atoms with E-state index in [9.17, 15) is 14.4 Å². The van der Waals surface area contributed by atoms with Crippen molar-refractivity contribution in [3.05, 3.63) is 35.4 Å². The van der Waals surface area contributed by atoms with Gasteiger partial charge in [-0.2, -0.15) is 0 Å². The highest BCUT2D eigenvalue weighted by molar-refractivity contribution is 5.94. The quantitative estimate of drug-likeness (QED) is 0.892. The molecule has 3 amide bonds. The number of hydrogen-bond donors (Lipinski definition) is 1. The summed E-state index contributed by atoms with van der Waals surface area (Å²) in [6.45, 7) is 9.44. The molecule has 6 nitrogen and oxygen atoms in total. The lowest BCUT2D eigenvalue weighted by atomic mass is 10.0. The highest BCUT2D eigenvalue weighted by Gasteiger charge is 2.30. The first-order valence-corrected chi connectivity index (χ1v) is 9.21. The summed E-state index contributed by atoms with van der Waals surface area (Å²) in [4.78, 5) is 40.5. The molecule has 1 aliphatic heterocycles. The van der Waals surface area contributed by atoms with E-state index in [4.69, 9.17) is 0 Å². The average Bonchev–Trinajstić information content (AvgIpc) is 2.84. The Balaban J connectivity index is 2.03. The van der Waals surface area contributed by atoms with Gasteiger partial charge in [0.2, 0.25) is 11.8 Å². The van der Waals surface area contributed by atoms with E-state index in [0.29, 0.717) is 31.7 Å². The zero-order chi connectivity index (χ0) is 19.3. The maximum atomic E-state index is 12.8. The summed E-state index contributed by atoms with van der Waals surface area (Å²) < 4.78 is 0. The van der Waals surface area contributed by atoms with Gasteiger partial charge in [-0.3, -0.25) is 14.4 Å². The van der Waals surface area contributed by atoms with Gasteiger partial charge in [0.25, 0.3) is 5.91 Å². The minimum atomic E-state index is -0.522. The molecule has 1 unspecified atom stereocenters. The van der Waals surface area contributed by atoms with Crippen LogP contribution in [0.3, 0.4) is 0 Å². The molecule has 0 saturated carbocycles. The van der Waals surface area contributed by atoms with E-state index in [0.717, 1.165) is 12.0 Å². The number of hydrogen-bond acceptors (Lipinski definition) is 3. The van der Waals surface area contributed by atoms with Crippen LogP contribution in [0.2, 0.25) is 0 Å². The third-order valence-corrected chi connectivity index (χ3v) is 4.65. The Kier molecular flexibility index (Phi) is 6.77. The Labute approximate surface area is 155 Å². The molecule has 1 aromatic carbocycles. The molecule has 1 N–H and O–H groups in total. The van der Waals surface area contributed by atoms with Crippen LogP contribution in [0.4, 0.5) is 0 Å². The van der Waals surface area contributed by atoms with E-state index >= 15 is 0 Å². The van der Waals surface area contributed by atoms with Crippen LogP contribution in [0, 0.1) is 12.8 Å². The highest BCUT2D eigenvalue weighted by atomic mass is 16.2. The van der Waals surface area contributed by atoms with Gasteiger partial charge in [0.1, 0.15) is 6.04 Å². The van der Waals surface area contributed by atoms with Crippen molar-refractivity contribution < 1.29 is 14.4 Å². The summed E-state index contributed by atoms with van der Waals surface area (Å²) in [7, 11) is 0. The number of aryl methyl sites for hydroxylation is 1. The maximum absolute atomic E-state index is 12.8. The molecule has 1 aliphatic rings. The molecule has 0 spiro atoms. The zero-order valence-corrected chi connectivity index (χ0v) is 16.1. The summed E-state index contributed by atoms with van der Waals surface area (Å²) >= 11 is 0. The van der Waals surface area contributed by atoms with Crippen molar-refractivity contribution in [2.45, 2.75) is 40.2 Å². The van der Waals surface area contributed by atoms with Crippen LogP contribution in [0.25, 0.3) is 0 Å². The molecule has 0 bridgehead atoms. The first-order chi connectivity index (χ1) is 12.3. The predicted molar refractivity (Wildman–Crippen MR) is 101 cm³/mol. The van der Waals surface area contributed by atoms with Gasteiger partial charge < -0.3 is 15.1 Å². The molecule has 1 fully saturated rings. The second-order valence-electron chi connectivity index (χ2n) is 7.26. The fraction of sp³-hybridized carbons (Fsp3) is 0.550. The number of nitrogens with one attached hydrogen (secondary N) is 1. The number of amides is 3. The highest BCUT2D eigenvalue weighted by Crippen LogP contribution is 2.13. The fourth-order valence-corrected chi connectivity index (χ4v) is 3.23. The molecule has 1 atom stereocenters. The molecule has 0 aromatic heterocycles. The van der Waals surface area contributed by atoms with E-state index in [1.165, 1.54) is 6.92 Å². The minimum absolute atomic E-state index is 0.00488. The molecule has 2 rings (SSSR count). The smallest absolute Gasteiger partial charge is 0.253 e. The van der Waals surface area contributed by atoms with Crippen molar-refractivity contribution in [2.75, 3.05) is 26.2 Å². The molecule has 6 heteroatoms. The Bertz CT molecular complexity index is 672. The van der Waals surface area contributed by atoms with E-state index in [1.807, 2.05) is 49.9 Å². The number of carbonyl (C=O) groups excluding carboxylic acids is 3. The van der Waals surface area contributed by atoms with Gasteiger partial charge in [0.05, 0.1) is 0 Å². The van der Waals surface area contributed by atoms with Crippen LogP contribution < -0.4 is 5.32 Å². The fourth-order valence-electron chi connectivity index (χ4n) is 3.23. The minimum Gasteiger partial charge on any atom is -0.344 e. The van der Waals surface area contributed by atoms with E-state index in [-0.39, 0.29) is 23.6 Å². The molecule has 0 radical (unpaired) electrons. The molecular formula is C20H29N3O3. The Hall–Kier alpha value is -2.37. The van der Waals surface area contributed by atoms with E-state index in [1.54, 1.807) is 4.90 Å². The Morgan fingerprint density at radius 3 is 2.31 bits per heavy atom. The van der Waals surface area contributed by atoms with Crippen molar-refractivity contribution in [3.8, 4) is 0 Å². The van der Waals surface area contributed by atoms with Gasteiger partial charge in [-0.25, -0.2) is 0 Å². The summed E-state index contributed by atoms with van der Waals surface area (Å²) in [6.07, 6.45) is 0.730. The number of nitrogens with zero attached hydrogens (tertiary/aromatic N) is 2. The van der Waals surface area contributed by atoms with Crippen LogP contribution in [-0.2, 0) is 9.59 Å². The van der Waals surface area contributed by atoms with Crippen molar-refractivity contribution in [2.24, 2.45) is 5.92 Å². The Morgan fingerprint density at radius 1 is 1.04 bits per heavy atom. The van der Waals surface area contributed by atoms with Gasteiger partial charge in [-0.1, -0.05) is 31.5 Å². The van der Waals surface area contributed by atoms with Crippen molar-refractivity contribution in [1.29, 1.82) is 0 Å². The third kappa shape index (κ3) is 5.07. The summed E-state index contributed by atoms with van der Waals surface area (Å²) in [5.74, 6) is -0.256. The first-order valence-electron chi connectivity index (χ1n) is 9.21. The summed E-state index contributed by atoms with van der Waals surface area (Å²) in [5.41, 5.74) is 1.74. The molecule has 142 valence electrons. The predicted octanol–water partition coefficient (Wildman–Crippen LogP) is 1.83. The van der Waals surface area contributed by atoms with Gasteiger partial charge in [0.15, 0.2) is 0 Å². The average molecular weight is 359 g/mol. The molecular weight excluding hydrogens is 330 g/mol. The third-order valence-electron chi connectivity index (χ3n) is 4.65. The van der Waals surface area contributed by atoms with Gasteiger partial charge in [0, 0.05) is 38.7 Å². The SMILES string of the molecule is CC(=O)NC(C(=O)N1CCCN(C(=O)c2cccc(C)c2)CC1)C(C)C. The molecule has 1 heterocycles. The monoisotopic (exact) mass is 359 g/mol. The lowest BCUT2D eigenvalue weighted by Crippen LogP contribution is -2.51. The second-order valence-corrected chi connectivity index (χ2v) is 7.26. The first kappa shape index (κ1) is 19.9. The normalized spacial score (nSPS) is 16.2. The molecule has 26 heavy (non-hydrogen) atoms. The van der Waals surface area contributed by atoms with Gasteiger partial charge in [-0.15, -0.1) is 0 Å². The Morgan fingerprint density at radius 2 is 1.69 bits per heavy atom. The molecule has 0 aliphatic carbocycles. The topological polar surface area (TPSA) is 69.7 Å². The van der Waals surface area contributed by atoms with Crippen molar-refractivity contribution in [3.63, 3.8) is 0 Å². The van der Waals surface area contributed by atoms with E-state index < -0.39 is 6.04 Å². The molecule has 1 aromatic rings. The summed E-state index contributed by atoms with van der Waals surface area (Å²) in [5, 5.41) is 2.75. The zero-order valence-electron chi connectivity index (χ0n) is 16.1. The van der Waals surface area contributed by atoms with Gasteiger partial charge >= 0.3 is 0 Å². The molecule has 1 saturated heterocycles. The van der Waals surface area contributed by atoms with Crippen LogP contribution >= 0.6 is 0 Å². The standard InChI is InChI=1S/C20H29N3O3/c1-14(2)18(21-16(4)24)20(26)23-10-6-9-22(11-12-23)19(25)17-8-5-7-15(3)13-17/h5,7-8,13-14,18H,6,9-12H2,1-4H3,(H,21,24).